The predicted octanol–water partition coefficient (Wildman–Crippen LogP) is 2.80. The van der Waals surface area contributed by atoms with E-state index in [4.69, 9.17) is 0 Å². The third kappa shape index (κ3) is 3.55. The molecule has 0 aliphatic carbocycles. The standard InChI is InChI=1S/C15H22N2O3/c1-2-11-7-8-16-12(9-11)10-15(18)13-5-3-4-6-14(13)17(19)20/h3-6,11-12,15-16,18H,2,7-10H2,1H3. The summed E-state index contributed by atoms with van der Waals surface area (Å²) < 4.78 is 0. The maximum Gasteiger partial charge on any atom is 0.275 e. The van der Waals surface area contributed by atoms with Gasteiger partial charge in [0.2, 0.25) is 0 Å². The van der Waals surface area contributed by atoms with E-state index in [9.17, 15) is 15.2 Å². The molecule has 1 aromatic carbocycles. The molecule has 1 fully saturated rings. The largest absolute Gasteiger partial charge is 0.388 e. The van der Waals surface area contributed by atoms with Gasteiger partial charge in [-0.2, -0.15) is 0 Å². The van der Waals surface area contributed by atoms with E-state index in [-0.39, 0.29) is 11.7 Å². The van der Waals surface area contributed by atoms with Crippen LogP contribution in [0.1, 0.15) is 44.3 Å². The molecule has 0 radical (unpaired) electrons. The third-order valence-corrected chi connectivity index (χ3v) is 4.18. The number of hydrogen-bond donors (Lipinski definition) is 2. The summed E-state index contributed by atoms with van der Waals surface area (Å²) in [7, 11) is 0. The lowest BCUT2D eigenvalue weighted by atomic mass is 9.87. The molecule has 1 aliphatic rings. The lowest BCUT2D eigenvalue weighted by molar-refractivity contribution is -0.386. The summed E-state index contributed by atoms with van der Waals surface area (Å²) in [5.41, 5.74) is 0.417. The second kappa shape index (κ2) is 6.81. The monoisotopic (exact) mass is 278 g/mol. The van der Waals surface area contributed by atoms with Crippen LogP contribution >= 0.6 is 0 Å². The van der Waals surface area contributed by atoms with Gasteiger partial charge in [-0.05, 0) is 37.8 Å². The zero-order chi connectivity index (χ0) is 14.5. The van der Waals surface area contributed by atoms with Crippen LogP contribution in [0, 0.1) is 16.0 Å². The maximum absolute atomic E-state index is 11.0. The van der Waals surface area contributed by atoms with E-state index < -0.39 is 11.0 Å². The predicted molar refractivity (Wildman–Crippen MR) is 77.5 cm³/mol. The number of nitro groups is 1. The first-order valence-corrected chi connectivity index (χ1v) is 7.26. The number of benzene rings is 1. The molecule has 1 heterocycles. The number of nitro benzene ring substituents is 1. The van der Waals surface area contributed by atoms with Crippen molar-refractivity contribution < 1.29 is 10.0 Å². The molecule has 0 aromatic heterocycles. The van der Waals surface area contributed by atoms with Crippen LogP contribution in [0.4, 0.5) is 5.69 Å². The Morgan fingerprint density at radius 2 is 2.25 bits per heavy atom. The van der Waals surface area contributed by atoms with Gasteiger partial charge in [0.05, 0.1) is 16.6 Å². The first-order valence-electron chi connectivity index (χ1n) is 7.26. The summed E-state index contributed by atoms with van der Waals surface area (Å²) in [4.78, 5) is 10.6. The Morgan fingerprint density at radius 3 is 2.95 bits per heavy atom. The highest BCUT2D eigenvalue weighted by atomic mass is 16.6. The fourth-order valence-electron chi connectivity index (χ4n) is 2.98. The van der Waals surface area contributed by atoms with Crippen molar-refractivity contribution in [2.75, 3.05) is 6.54 Å². The second-order valence-electron chi connectivity index (χ2n) is 5.52. The Morgan fingerprint density at radius 1 is 1.50 bits per heavy atom. The number of para-hydroxylation sites is 1. The average Bonchev–Trinajstić information content (AvgIpc) is 2.47. The van der Waals surface area contributed by atoms with E-state index in [0.717, 1.165) is 19.4 Å². The van der Waals surface area contributed by atoms with Crippen molar-refractivity contribution in [2.45, 2.75) is 44.8 Å². The van der Waals surface area contributed by atoms with Crippen LogP contribution in [-0.2, 0) is 0 Å². The van der Waals surface area contributed by atoms with Crippen LogP contribution in [0.5, 0.6) is 0 Å². The van der Waals surface area contributed by atoms with Crippen LogP contribution in [-0.4, -0.2) is 22.6 Å². The Hall–Kier alpha value is -1.46. The molecule has 5 nitrogen and oxygen atoms in total. The molecular weight excluding hydrogens is 256 g/mol. The fourth-order valence-corrected chi connectivity index (χ4v) is 2.98. The molecule has 0 bridgehead atoms. The number of aliphatic hydroxyl groups excluding tert-OH is 1. The van der Waals surface area contributed by atoms with Crippen molar-refractivity contribution in [3.63, 3.8) is 0 Å². The van der Waals surface area contributed by atoms with E-state index >= 15 is 0 Å². The van der Waals surface area contributed by atoms with Crippen molar-refractivity contribution in [3.05, 3.63) is 39.9 Å². The van der Waals surface area contributed by atoms with Crippen molar-refractivity contribution in [1.29, 1.82) is 0 Å². The van der Waals surface area contributed by atoms with Gasteiger partial charge in [0, 0.05) is 12.1 Å². The first-order chi connectivity index (χ1) is 9.61. The number of rotatable bonds is 5. The number of hydrogen-bond acceptors (Lipinski definition) is 4. The van der Waals surface area contributed by atoms with Gasteiger partial charge < -0.3 is 10.4 Å². The summed E-state index contributed by atoms with van der Waals surface area (Å²) in [6, 6.07) is 6.68. The topological polar surface area (TPSA) is 75.4 Å². The highest BCUT2D eigenvalue weighted by Gasteiger charge is 2.26. The van der Waals surface area contributed by atoms with Gasteiger partial charge in [0.15, 0.2) is 0 Å². The van der Waals surface area contributed by atoms with Crippen molar-refractivity contribution in [3.8, 4) is 0 Å². The lowest BCUT2D eigenvalue weighted by Crippen LogP contribution is -2.39. The van der Waals surface area contributed by atoms with E-state index in [2.05, 4.69) is 12.2 Å². The number of nitrogens with one attached hydrogen (secondary N) is 1. The Kier molecular flexibility index (Phi) is 5.09. The van der Waals surface area contributed by atoms with Gasteiger partial charge in [-0.25, -0.2) is 0 Å². The molecular formula is C15H22N2O3. The molecule has 3 atom stereocenters. The molecule has 110 valence electrons. The molecule has 20 heavy (non-hydrogen) atoms. The number of nitrogens with zero attached hydrogens (tertiary/aromatic N) is 1. The van der Waals surface area contributed by atoms with E-state index in [1.165, 1.54) is 12.5 Å². The quantitative estimate of drug-likeness (QED) is 0.641. The Labute approximate surface area is 119 Å². The summed E-state index contributed by atoms with van der Waals surface area (Å²) in [5.74, 6) is 0.694. The van der Waals surface area contributed by atoms with Gasteiger partial charge in [-0.3, -0.25) is 10.1 Å². The minimum Gasteiger partial charge on any atom is -0.388 e. The molecule has 0 spiro atoms. The second-order valence-corrected chi connectivity index (χ2v) is 5.52. The average molecular weight is 278 g/mol. The number of aliphatic hydroxyl groups is 1. The lowest BCUT2D eigenvalue weighted by Gasteiger charge is -2.31. The van der Waals surface area contributed by atoms with Crippen LogP contribution in [0.25, 0.3) is 0 Å². The normalized spacial score (nSPS) is 24.3. The van der Waals surface area contributed by atoms with Crippen LogP contribution in [0.3, 0.4) is 0 Å². The molecule has 5 heteroatoms. The summed E-state index contributed by atoms with van der Waals surface area (Å²) >= 11 is 0. The smallest absolute Gasteiger partial charge is 0.275 e. The van der Waals surface area contributed by atoms with Crippen LogP contribution < -0.4 is 5.32 Å². The zero-order valence-electron chi connectivity index (χ0n) is 11.8. The first kappa shape index (κ1) is 14.9. The van der Waals surface area contributed by atoms with Crippen molar-refractivity contribution in [1.82, 2.24) is 5.32 Å². The summed E-state index contributed by atoms with van der Waals surface area (Å²) in [6.45, 7) is 3.15. The molecule has 0 amide bonds. The SMILES string of the molecule is CCC1CCNC(CC(O)c2ccccc2[N+](=O)[O-])C1. The highest BCUT2D eigenvalue weighted by molar-refractivity contribution is 5.41. The maximum atomic E-state index is 11.0. The van der Waals surface area contributed by atoms with Crippen molar-refractivity contribution in [2.24, 2.45) is 5.92 Å². The summed E-state index contributed by atoms with van der Waals surface area (Å²) in [5, 5.41) is 24.7. The fraction of sp³-hybridized carbons (Fsp3) is 0.600. The van der Waals surface area contributed by atoms with E-state index in [1.807, 2.05) is 0 Å². The van der Waals surface area contributed by atoms with E-state index in [1.54, 1.807) is 18.2 Å². The Bertz CT molecular complexity index is 464. The van der Waals surface area contributed by atoms with Gasteiger partial charge in [0.25, 0.3) is 5.69 Å². The van der Waals surface area contributed by atoms with Gasteiger partial charge in [-0.1, -0.05) is 25.5 Å². The molecule has 1 aliphatic heterocycles. The highest BCUT2D eigenvalue weighted by Crippen LogP contribution is 2.30. The minimum atomic E-state index is -0.787. The molecule has 2 rings (SSSR count). The molecule has 0 saturated carbocycles. The molecule has 2 N–H and O–H groups in total. The number of piperidine rings is 1. The van der Waals surface area contributed by atoms with Gasteiger partial charge in [-0.15, -0.1) is 0 Å². The van der Waals surface area contributed by atoms with Crippen LogP contribution in [0.2, 0.25) is 0 Å². The van der Waals surface area contributed by atoms with E-state index in [0.29, 0.717) is 17.9 Å². The van der Waals surface area contributed by atoms with Crippen LogP contribution in [0.15, 0.2) is 24.3 Å². The minimum absolute atomic E-state index is 0.00264. The van der Waals surface area contributed by atoms with Crippen molar-refractivity contribution >= 4 is 5.69 Å². The molecule has 3 unspecified atom stereocenters. The Balaban J connectivity index is 2.04. The van der Waals surface area contributed by atoms with Gasteiger partial charge >= 0.3 is 0 Å². The molecule has 1 saturated heterocycles. The van der Waals surface area contributed by atoms with Gasteiger partial charge in [0.1, 0.15) is 0 Å². The zero-order valence-corrected chi connectivity index (χ0v) is 11.8. The summed E-state index contributed by atoms with van der Waals surface area (Å²) in [6.07, 6.45) is 3.11. The molecule has 1 aromatic rings. The third-order valence-electron chi connectivity index (χ3n) is 4.18.